The minimum Gasteiger partial charge on any atom is -0.387 e. The minimum atomic E-state index is -4.56. The van der Waals surface area contributed by atoms with E-state index in [4.69, 9.17) is 0 Å². The van der Waals surface area contributed by atoms with Gasteiger partial charge in [0, 0.05) is 45.4 Å². The Bertz CT molecular complexity index is 1530. The third-order valence-corrected chi connectivity index (χ3v) is 6.75. The summed E-state index contributed by atoms with van der Waals surface area (Å²) in [4.78, 5) is 17.6. The van der Waals surface area contributed by atoms with Crippen molar-refractivity contribution in [3.63, 3.8) is 0 Å². The maximum atomic E-state index is 13.7. The Morgan fingerprint density at radius 3 is 2.50 bits per heavy atom. The van der Waals surface area contributed by atoms with E-state index in [0.717, 1.165) is 65.0 Å². The number of aromatic nitrogens is 2. The first-order valence-electron chi connectivity index (χ1n) is 13.2. The number of pyridine rings is 1. The monoisotopic (exact) mass is 550 g/mol. The van der Waals surface area contributed by atoms with Crippen LogP contribution in [0.1, 0.15) is 60.1 Å². The van der Waals surface area contributed by atoms with Crippen molar-refractivity contribution in [3.8, 4) is 5.69 Å². The number of benzene rings is 2. The largest absolute Gasteiger partial charge is 0.416 e. The molecule has 2 aromatic carbocycles. The summed E-state index contributed by atoms with van der Waals surface area (Å²) in [6, 6.07) is 14.9. The van der Waals surface area contributed by atoms with E-state index in [1.807, 2.05) is 37.3 Å². The van der Waals surface area contributed by atoms with Gasteiger partial charge in [-0.2, -0.15) is 13.2 Å². The number of carbonyl (C=O) groups is 1. The molecule has 0 saturated heterocycles. The Balaban J connectivity index is 0.00000308. The molecule has 0 aliphatic heterocycles. The molecule has 0 radical (unpaired) electrons. The van der Waals surface area contributed by atoms with Crippen molar-refractivity contribution in [1.29, 1.82) is 0 Å². The molecule has 4 aromatic rings. The average Bonchev–Trinajstić information content (AvgIpc) is 3.38. The lowest BCUT2D eigenvalue weighted by Crippen LogP contribution is -2.15. The van der Waals surface area contributed by atoms with E-state index in [0.29, 0.717) is 17.7 Å². The van der Waals surface area contributed by atoms with Crippen molar-refractivity contribution in [2.45, 2.75) is 45.7 Å². The summed E-state index contributed by atoms with van der Waals surface area (Å²) in [7, 11) is 1.80. The highest BCUT2D eigenvalue weighted by Gasteiger charge is 2.31. The minimum absolute atomic E-state index is 0. The lowest BCUT2D eigenvalue weighted by molar-refractivity contribution is -0.137. The van der Waals surface area contributed by atoms with E-state index in [2.05, 4.69) is 29.1 Å². The van der Waals surface area contributed by atoms with Crippen LogP contribution in [0.2, 0.25) is 0 Å². The summed E-state index contributed by atoms with van der Waals surface area (Å²) in [6.07, 6.45) is 3.87. The Kier molecular flexibility index (Phi) is 8.77. The summed E-state index contributed by atoms with van der Waals surface area (Å²) in [6.45, 7) is 7.93. The number of halogens is 3. The maximum Gasteiger partial charge on any atom is 0.416 e. The van der Waals surface area contributed by atoms with Gasteiger partial charge >= 0.3 is 6.18 Å². The normalized spacial score (nSPS) is 11.3. The van der Waals surface area contributed by atoms with Crippen LogP contribution in [0, 0.1) is 6.92 Å². The van der Waals surface area contributed by atoms with Crippen molar-refractivity contribution in [3.05, 3.63) is 119 Å². The molecule has 0 aliphatic carbocycles. The van der Waals surface area contributed by atoms with Crippen molar-refractivity contribution >= 4 is 17.3 Å². The van der Waals surface area contributed by atoms with E-state index in [-0.39, 0.29) is 8.54 Å². The van der Waals surface area contributed by atoms with Crippen LogP contribution < -0.4 is 10.6 Å². The molecule has 0 aliphatic rings. The molecular formula is C32H37F3N4O. The van der Waals surface area contributed by atoms with Crippen LogP contribution in [0.15, 0.2) is 79.8 Å². The number of carbonyl (C=O) groups excluding carboxylic acids is 1. The van der Waals surface area contributed by atoms with Crippen LogP contribution in [0.25, 0.3) is 11.4 Å². The summed E-state index contributed by atoms with van der Waals surface area (Å²) >= 11 is 0. The van der Waals surface area contributed by atoms with Crippen LogP contribution >= 0.6 is 0 Å². The first-order chi connectivity index (χ1) is 19.1. The van der Waals surface area contributed by atoms with Crippen LogP contribution in [-0.4, -0.2) is 22.5 Å². The van der Waals surface area contributed by atoms with Gasteiger partial charge in [-0.05, 0) is 97.0 Å². The number of hydrogen-bond acceptors (Lipinski definition) is 3. The van der Waals surface area contributed by atoms with Gasteiger partial charge in [0.15, 0.2) is 0 Å². The zero-order valence-electron chi connectivity index (χ0n) is 22.9. The maximum absolute atomic E-state index is 13.7. The Morgan fingerprint density at radius 2 is 1.82 bits per heavy atom. The fourth-order valence-corrected chi connectivity index (χ4v) is 4.58. The van der Waals surface area contributed by atoms with Gasteiger partial charge in [0.1, 0.15) is 0 Å². The number of hydrogen-bond donors (Lipinski definition) is 2. The highest BCUT2D eigenvalue weighted by Crippen LogP contribution is 2.33. The van der Waals surface area contributed by atoms with E-state index in [1.165, 1.54) is 0 Å². The molecule has 2 N–H and O–H groups in total. The second kappa shape index (κ2) is 12.2. The number of alkyl halides is 3. The number of aryl methyl sites for hydroxylation is 4. The van der Waals surface area contributed by atoms with E-state index >= 15 is 0 Å². The van der Waals surface area contributed by atoms with Crippen LogP contribution in [0.4, 0.5) is 18.9 Å². The standard InChI is InChI=1S/C32H33F3N4O.2H2/c1-5-6-24-9-10-26(16-25(24)8-7-23-11-13-37-30(15-23)22(3)36-4)31(40)38-28-17-27(32(33,34)35)18-29(19-28)39-14-12-21(2)20-39;;/h9-20,36H,3,5-8H2,1-2,4H3,(H,38,40);2*1H. The number of rotatable bonds is 10. The van der Waals surface area contributed by atoms with Crippen molar-refractivity contribution in [1.82, 2.24) is 14.9 Å². The zero-order valence-corrected chi connectivity index (χ0v) is 22.9. The fourth-order valence-electron chi connectivity index (χ4n) is 4.58. The average molecular weight is 551 g/mol. The molecule has 2 heterocycles. The number of amides is 1. The molecular weight excluding hydrogens is 513 g/mol. The highest BCUT2D eigenvalue weighted by molar-refractivity contribution is 6.04. The summed E-state index contributed by atoms with van der Waals surface area (Å²) in [5, 5.41) is 5.70. The number of nitrogens with one attached hydrogen (secondary N) is 2. The van der Waals surface area contributed by atoms with Crippen LogP contribution in [-0.2, 0) is 25.4 Å². The smallest absolute Gasteiger partial charge is 0.387 e. The molecule has 212 valence electrons. The Morgan fingerprint density at radius 1 is 1.02 bits per heavy atom. The highest BCUT2D eigenvalue weighted by atomic mass is 19.4. The van der Waals surface area contributed by atoms with Gasteiger partial charge in [-0.1, -0.05) is 26.0 Å². The Hall–Kier alpha value is -4.33. The molecule has 8 heteroatoms. The first kappa shape index (κ1) is 28.7. The third-order valence-electron chi connectivity index (χ3n) is 6.75. The van der Waals surface area contributed by atoms with Gasteiger partial charge in [-0.25, -0.2) is 0 Å². The van der Waals surface area contributed by atoms with E-state index < -0.39 is 17.6 Å². The molecule has 0 bridgehead atoms. The van der Waals surface area contributed by atoms with Gasteiger partial charge in [0.05, 0.1) is 17.0 Å². The molecule has 0 saturated carbocycles. The topological polar surface area (TPSA) is 59.0 Å². The predicted octanol–water partition coefficient (Wildman–Crippen LogP) is 7.87. The van der Waals surface area contributed by atoms with Gasteiger partial charge in [-0.3, -0.25) is 9.78 Å². The van der Waals surface area contributed by atoms with Crippen molar-refractivity contribution in [2.75, 3.05) is 12.4 Å². The summed E-state index contributed by atoms with van der Waals surface area (Å²) in [5.41, 5.74) is 5.66. The molecule has 4 rings (SSSR count). The Labute approximate surface area is 235 Å². The van der Waals surface area contributed by atoms with Gasteiger partial charge in [-0.15, -0.1) is 0 Å². The SMILES string of the molecule is C=C(NC)c1cc(CCc2cc(C(=O)Nc3cc(-n4ccc(C)c4)cc(C(F)(F)F)c3)ccc2CCC)ccn1.[HH].[HH]. The second-order valence-corrected chi connectivity index (χ2v) is 9.83. The quantitative estimate of drug-likeness (QED) is 0.211. The fraction of sp³-hybridized carbons (Fsp3) is 0.250. The van der Waals surface area contributed by atoms with E-state index in [9.17, 15) is 18.0 Å². The van der Waals surface area contributed by atoms with Crippen LogP contribution in [0.5, 0.6) is 0 Å². The lowest BCUT2D eigenvalue weighted by Gasteiger charge is -2.15. The molecule has 0 unspecified atom stereocenters. The summed E-state index contributed by atoms with van der Waals surface area (Å²) < 4.78 is 42.6. The molecule has 1 amide bonds. The zero-order chi connectivity index (χ0) is 28.9. The second-order valence-electron chi connectivity index (χ2n) is 9.83. The number of anilines is 1. The molecule has 0 atom stereocenters. The molecule has 0 spiro atoms. The lowest BCUT2D eigenvalue weighted by atomic mass is 9.95. The van der Waals surface area contributed by atoms with E-state index in [1.54, 1.807) is 42.3 Å². The first-order valence-corrected chi connectivity index (χ1v) is 13.2. The third kappa shape index (κ3) is 7.00. The van der Waals surface area contributed by atoms with Crippen LogP contribution in [0.3, 0.4) is 0 Å². The molecule has 0 fully saturated rings. The summed E-state index contributed by atoms with van der Waals surface area (Å²) in [5.74, 6) is -0.463. The predicted molar refractivity (Wildman–Crippen MR) is 158 cm³/mol. The van der Waals surface area contributed by atoms with Crippen molar-refractivity contribution in [2.24, 2.45) is 0 Å². The number of nitrogens with zero attached hydrogens (tertiary/aromatic N) is 2. The van der Waals surface area contributed by atoms with Gasteiger partial charge < -0.3 is 15.2 Å². The van der Waals surface area contributed by atoms with Gasteiger partial charge in [0.25, 0.3) is 5.91 Å². The van der Waals surface area contributed by atoms with Gasteiger partial charge in [0.2, 0.25) is 0 Å². The molecule has 2 aromatic heterocycles. The van der Waals surface area contributed by atoms with Crippen molar-refractivity contribution < 1.29 is 20.8 Å². The molecule has 5 nitrogen and oxygen atoms in total. The molecule has 40 heavy (non-hydrogen) atoms.